The highest BCUT2D eigenvalue weighted by atomic mass is 19.1. The van der Waals surface area contributed by atoms with Crippen LogP contribution < -0.4 is 5.32 Å². The Kier molecular flexibility index (Phi) is 5.02. The van der Waals surface area contributed by atoms with Crippen molar-refractivity contribution in [2.45, 2.75) is 38.8 Å². The molecule has 0 aromatic heterocycles. The fraction of sp³-hybridized carbons (Fsp3) is 0.429. The number of aliphatic carboxylic acids is 1. The molecule has 0 atom stereocenters. The van der Waals surface area contributed by atoms with E-state index in [4.69, 9.17) is 5.26 Å². The minimum atomic E-state index is -1.01. The summed E-state index contributed by atoms with van der Waals surface area (Å²) in [5.41, 5.74) is -0.228. The summed E-state index contributed by atoms with van der Waals surface area (Å²) >= 11 is 0. The van der Waals surface area contributed by atoms with Gasteiger partial charge < -0.3 is 5.11 Å². The van der Waals surface area contributed by atoms with Crippen LogP contribution in [0.25, 0.3) is 0 Å². The van der Waals surface area contributed by atoms with Gasteiger partial charge in [0.25, 0.3) is 0 Å². The minimum absolute atomic E-state index is 0.209. The summed E-state index contributed by atoms with van der Waals surface area (Å²) in [5, 5.41) is 21.0. The van der Waals surface area contributed by atoms with E-state index >= 15 is 0 Å². The average Bonchev–Trinajstić information content (AvgIpc) is 2.39. The van der Waals surface area contributed by atoms with Crippen molar-refractivity contribution in [3.63, 3.8) is 0 Å². The fourth-order valence-corrected chi connectivity index (χ4v) is 1.97. The average molecular weight is 264 g/mol. The van der Waals surface area contributed by atoms with Crippen molar-refractivity contribution in [3.05, 3.63) is 35.1 Å². The van der Waals surface area contributed by atoms with Crippen LogP contribution in [-0.2, 0) is 11.3 Å². The largest absolute Gasteiger partial charge is 0.480 e. The molecule has 2 N–H and O–H groups in total. The number of carboxylic acid groups (broad SMARTS) is 1. The van der Waals surface area contributed by atoms with E-state index in [1.807, 2.05) is 6.07 Å². The Bertz CT molecular complexity index is 505. The van der Waals surface area contributed by atoms with E-state index in [1.54, 1.807) is 19.9 Å². The number of halogens is 1. The van der Waals surface area contributed by atoms with E-state index in [1.165, 1.54) is 6.07 Å². The van der Waals surface area contributed by atoms with Crippen molar-refractivity contribution in [1.82, 2.24) is 5.32 Å². The van der Waals surface area contributed by atoms with E-state index in [9.17, 15) is 14.3 Å². The maximum Gasteiger partial charge on any atom is 0.323 e. The van der Waals surface area contributed by atoms with E-state index in [0.717, 1.165) is 6.07 Å². The number of rotatable bonds is 6. The normalized spacial score (nSPS) is 11.1. The Balaban J connectivity index is 2.89. The third-order valence-corrected chi connectivity index (χ3v) is 3.33. The van der Waals surface area contributed by atoms with Gasteiger partial charge in [-0.2, -0.15) is 5.26 Å². The lowest BCUT2D eigenvalue weighted by atomic mass is 9.92. The van der Waals surface area contributed by atoms with E-state index in [0.29, 0.717) is 18.4 Å². The van der Waals surface area contributed by atoms with Crippen molar-refractivity contribution < 1.29 is 14.3 Å². The molecule has 0 radical (unpaired) electrons. The SMILES string of the molecule is CCC(CC)(NCc1cc(F)cc(C#N)c1)C(=O)O. The summed E-state index contributed by atoms with van der Waals surface area (Å²) in [7, 11) is 0. The number of carbonyl (C=O) groups is 1. The van der Waals surface area contributed by atoms with Crippen molar-refractivity contribution in [2.24, 2.45) is 0 Å². The monoisotopic (exact) mass is 264 g/mol. The first-order valence-electron chi connectivity index (χ1n) is 6.15. The van der Waals surface area contributed by atoms with Gasteiger partial charge in [0.2, 0.25) is 0 Å². The number of hydrogen-bond donors (Lipinski definition) is 2. The van der Waals surface area contributed by atoms with Gasteiger partial charge in [0.1, 0.15) is 11.4 Å². The van der Waals surface area contributed by atoms with Crippen LogP contribution in [0.1, 0.15) is 37.8 Å². The summed E-state index contributed by atoms with van der Waals surface area (Å²) < 4.78 is 13.3. The molecule has 1 rings (SSSR count). The Morgan fingerprint density at radius 3 is 2.53 bits per heavy atom. The van der Waals surface area contributed by atoms with Crippen molar-refractivity contribution in [1.29, 1.82) is 5.26 Å². The maximum absolute atomic E-state index is 13.3. The van der Waals surface area contributed by atoms with Crippen LogP contribution in [0.2, 0.25) is 0 Å². The standard InChI is InChI=1S/C14H17FN2O2/c1-3-14(4-2,13(18)19)17-9-11-5-10(8-16)6-12(15)7-11/h5-7,17H,3-4,9H2,1-2H3,(H,18,19). The van der Waals surface area contributed by atoms with Crippen LogP contribution >= 0.6 is 0 Å². The third kappa shape index (κ3) is 3.52. The number of nitriles is 1. The van der Waals surface area contributed by atoms with Crippen molar-refractivity contribution in [3.8, 4) is 6.07 Å². The molecule has 0 bridgehead atoms. The Morgan fingerprint density at radius 2 is 2.05 bits per heavy atom. The second-order valence-corrected chi connectivity index (χ2v) is 4.41. The second kappa shape index (κ2) is 6.30. The van der Waals surface area contributed by atoms with Crippen LogP contribution in [0.15, 0.2) is 18.2 Å². The van der Waals surface area contributed by atoms with E-state index in [2.05, 4.69) is 5.32 Å². The highest BCUT2D eigenvalue weighted by Gasteiger charge is 2.33. The number of hydrogen-bond acceptors (Lipinski definition) is 3. The van der Waals surface area contributed by atoms with Gasteiger partial charge in [-0.3, -0.25) is 10.1 Å². The zero-order valence-electron chi connectivity index (χ0n) is 11.0. The lowest BCUT2D eigenvalue weighted by Crippen LogP contribution is -2.50. The summed E-state index contributed by atoms with van der Waals surface area (Å²) in [6.45, 7) is 3.79. The molecule has 0 aliphatic heterocycles. The maximum atomic E-state index is 13.3. The highest BCUT2D eigenvalue weighted by molar-refractivity contribution is 5.78. The lowest BCUT2D eigenvalue weighted by Gasteiger charge is -2.28. The lowest BCUT2D eigenvalue weighted by molar-refractivity contribution is -0.145. The fourth-order valence-electron chi connectivity index (χ4n) is 1.97. The minimum Gasteiger partial charge on any atom is -0.480 e. The van der Waals surface area contributed by atoms with Gasteiger partial charge in [-0.05, 0) is 36.6 Å². The summed E-state index contributed by atoms with van der Waals surface area (Å²) in [5.74, 6) is -1.42. The second-order valence-electron chi connectivity index (χ2n) is 4.41. The molecular formula is C14H17FN2O2. The highest BCUT2D eigenvalue weighted by Crippen LogP contribution is 2.17. The summed E-state index contributed by atoms with van der Waals surface area (Å²) in [6, 6.07) is 5.87. The zero-order chi connectivity index (χ0) is 14.5. The van der Waals surface area contributed by atoms with Crippen LogP contribution in [0.3, 0.4) is 0 Å². The first kappa shape index (κ1) is 15.1. The molecule has 0 aliphatic rings. The van der Waals surface area contributed by atoms with Gasteiger partial charge in [0.15, 0.2) is 0 Å². The molecule has 102 valence electrons. The first-order valence-corrected chi connectivity index (χ1v) is 6.15. The first-order chi connectivity index (χ1) is 8.97. The summed E-state index contributed by atoms with van der Waals surface area (Å²) in [4.78, 5) is 11.3. The van der Waals surface area contributed by atoms with Gasteiger partial charge in [-0.1, -0.05) is 13.8 Å². The molecule has 0 spiro atoms. The van der Waals surface area contributed by atoms with Crippen LogP contribution in [0, 0.1) is 17.1 Å². The molecule has 0 fully saturated rings. The predicted molar refractivity (Wildman–Crippen MR) is 68.9 cm³/mol. The Hall–Kier alpha value is -1.93. The van der Waals surface area contributed by atoms with Crippen LogP contribution in [-0.4, -0.2) is 16.6 Å². The van der Waals surface area contributed by atoms with Gasteiger partial charge in [0.05, 0.1) is 11.6 Å². The number of benzene rings is 1. The number of carboxylic acids is 1. The van der Waals surface area contributed by atoms with E-state index < -0.39 is 17.3 Å². The molecule has 0 amide bonds. The van der Waals surface area contributed by atoms with Crippen LogP contribution in [0.5, 0.6) is 0 Å². The Morgan fingerprint density at radius 1 is 1.42 bits per heavy atom. The summed E-state index contributed by atoms with van der Waals surface area (Å²) in [6.07, 6.45) is 0.860. The molecule has 0 saturated carbocycles. The number of nitrogens with zero attached hydrogens (tertiary/aromatic N) is 1. The Labute approximate surface area is 111 Å². The molecule has 0 unspecified atom stereocenters. The topological polar surface area (TPSA) is 73.1 Å². The smallest absolute Gasteiger partial charge is 0.323 e. The van der Waals surface area contributed by atoms with Gasteiger partial charge in [0, 0.05) is 6.54 Å². The van der Waals surface area contributed by atoms with Gasteiger partial charge in [-0.15, -0.1) is 0 Å². The van der Waals surface area contributed by atoms with E-state index in [-0.39, 0.29) is 12.1 Å². The predicted octanol–water partition coefficient (Wildman–Crippen LogP) is 2.43. The molecule has 5 heteroatoms. The molecule has 4 nitrogen and oxygen atoms in total. The molecule has 0 saturated heterocycles. The molecular weight excluding hydrogens is 247 g/mol. The molecule has 19 heavy (non-hydrogen) atoms. The molecule has 1 aromatic carbocycles. The third-order valence-electron chi connectivity index (χ3n) is 3.33. The van der Waals surface area contributed by atoms with Gasteiger partial charge >= 0.3 is 5.97 Å². The zero-order valence-corrected chi connectivity index (χ0v) is 11.0. The van der Waals surface area contributed by atoms with Gasteiger partial charge in [-0.25, -0.2) is 4.39 Å². The number of nitrogens with one attached hydrogen (secondary N) is 1. The molecule has 1 aromatic rings. The quantitative estimate of drug-likeness (QED) is 0.827. The molecule has 0 aliphatic carbocycles. The molecule has 0 heterocycles. The van der Waals surface area contributed by atoms with Crippen LogP contribution in [0.4, 0.5) is 4.39 Å². The van der Waals surface area contributed by atoms with Crippen molar-refractivity contribution >= 4 is 5.97 Å². The van der Waals surface area contributed by atoms with Crippen molar-refractivity contribution in [2.75, 3.05) is 0 Å².